The first kappa shape index (κ1) is 13.6. The molecule has 0 bridgehead atoms. The SMILES string of the molecule is Fc1ccc(C(Br)c2c(F)cccc2Br)cc1F. The van der Waals surface area contributed by atoms with E-state index in [9.17, 15) is 13.2 Å². The molecule has 0 aliphatic rings. The summed E-state index contributed by atoms with van der Waals surface area (Å²) >= 11 is 6.54. The van der Waals surface area contributed by atoms with Crippen molar-refractivity contribution < 1.29 is 13.2 Å². The number of halogens is 5. The molecule has 0 saturated heterocycles. The van der Waals surface area contributed by atoms with Gasteiger partial charge in [-0.05, 0) is 29.8 Å². The van der Waals surface area contributed by atoms with Gasteiger partial charge in [-0.2, -0.15) is 0 Å². The molecule has 94 valence electrons. The molecular weight excluding hydrogens is 373 g/mol. The predicted molar refractivity (Wildman–Crippen MR) is 71.2 cm³/mol. The average molecular weight is 380 g/mol. The van der Waals surface area contributed by atoms with Gasteiger partial charge in [0.1, 0.15) is 5.82 Å². The van der Waals surface area contributed by atoms with Gasteiger partial charge in [0.05, 0.1) is 4.83 Å². The van der Waals surface area contributed by atoms with E-state index in [2.05, 4.69) is 31.9 Å². The first-order chi connectivity index (χ1) is 8.50. The molecule has 0 nitrogen and oxygen atoms in total. The molecule has 1 unspecified atom stereocenters. The summed E-state index contributed by atoms with van der Waals surface area (Å²) in [4.78, 5) is -0.553. The molecule has 0 N–H and O–H groups in total. The third-order valence-electron chi connectivity index (χ3n) is 2.49. The minimum atomic E-state index is -0.954. The van der Waals surface area contributed by atoms with E-state index in [-0.39, 0.29) is 0 Å². The molecule has 0 aliphatic heterocycles. The van der Waals surface area contributed by atoms with Crippen LogP contribution in [0.25, 0.3) is 0 Å². The molecule has 0 aromatic heterocycles. The minimum Gasteiger partial charge on any atom is -0.207 e. The Hall–Kier alpha value is -0.810. The summed E-state index contributed by atoms with van der Waals surface area (Å²) in [5.74, 6) is -2.30. The van der Waals surface area contributed by atoms with Crippen molar-refractivity contribution in [2.24, 2.45) is 0 Å². The van der Waals surface area contributed by atoms with Crippen LogP contribution in [0.1, 0.15) is 16.0 Å². The van der Waals surface area contributed by atoms with Crippen LogP contribution in [-0.2, 0) is 0 Å². The van der Waals surface area contributed by atoms with Crippen LogP contribution in [0.3, 0.4) is 0 Å². The zero-order valence-corrected chi connectivity index (χ0v) is 12.1. The second-order valence-electron chi connectivity index (χ2n) is 3.67. The predicted octanol–water partition coefficient (Wildman–Crippen LogP) is 5.35. The standard InChI is InChI=1S/C13H7Br2F3/c14-8-2-1-3-10(17)12(8)13(15)7-4-5-9(16)11(18)6-7/h1-6,13H. The molecule has 5 heteroatoms. The van der Waals surface area contributed by atoms with Gasteiger partial charge in [-0.15, -0.1) is 0 Å². The number of hydrogen-bond donors (Lipinski definition) is 0. The van der Waals surface area contributed by atoms with E-state index in [0.29, 0.717) is 15.6 Å². The molecule has 0 saturated carbocycles. The number of alkyl halides is 1. The molecule has 0 radical (unpaired) electrons. The van der Waals surface area contributed by atoms with Crippen LogP contribution < -0.4 is 0 Å². The van der Waals surface area contributed by atoms with Crippen LogP contribution in [-0.4, -0.2) is 0 Å². The van der Waals surface area contributed by atoms with Crippen LogP contribution in [0.2, 0.25) is 0 Å². The lowest BCUT2D eigenvalue weighted by Gasteiger charge is -2.13. The lowest BCUT2D eigenvalue weighted by molar-refractivity contribution is 0.507. The number of hydrogen-bond acceptors (Lipinski definition) is 0. The molecule has 2 aromatic rings. The van der Waals surface area contributed by atoms with E-state index in [4.69, 9.17) is 0 Å². The summed E-state index contributed by atoms with van der Waals surface area (Å²) in [5, 5.41) is 0. The summed E-state index contributed by atoms with van der Waals surface area (Å²) < 4.78 is 40.3. The van der Waals surface area contributed by atoms with Crippen LogP contribution in [0.15, 0.2) is 40.9 Å². The molecule has 0 amide bonds. The Morgan fingerprint density at radius 2 is 1.61 bits per heavy atom. The van der Waals surface area contributed by atoms with Crippen LogP contribution in [0, 0.1) is 17.5 Å². The highest BCUT2D eigenvalue weighted by Crippen LogP contribution is 2.37. The van der Waals surface area contributed by atoms with Crippen molar-refractivity contribution in [3.05, 3.63) is 69.4 Å². The highest BCUT2D eigenvalue weighted by Gasteiger charge is 2.19. The second kappa shape index (κ2) is 5.45. The molecule has 0 fully saturated rings. The van der Waals surface area contributed by atoms with Crippen LogP contribution in [0.4, 0.5) is 13.2 Å². The Kier molecular flexibility index (Phi) is 4.12. The molecule has 2 aromatic carbocycles. The van der Waals surface area contributed by atoms with Crippen molar-refractivity contribution in [1.29, 1.82) is 0 Å². The Bertz CT molecular complexity index is 564. The minimum absolute atomic E-state index is 0.350. The van der Waals surface area contributed by atoms with Crippen molar-refractivity contribution in [2.45, 2.75) is 4.83 Å². The summed E-state index contributed by atoms with van der Waals surface area (Å²) in [6.07, 6.45) is 0. The molecule has 0 aliphatic carbocycles. The fourth-order valence-electron chi connectivity index (χ4n) is 1.59. The quantitative estimate of drug-likeness (QED) is 0.617. The van der Waals surface area contributed by atoms with Gasteiger partial charge in [-0.1, -0.05) is 44.0 Å². The maximum atomic E-state index is 13.7. The van der Waals surface area contributed by atoms with Gasteiger partial charge in [0, 0.05) is 10.0 Å². The monoisotopic (exact) mass is 378 g/mol. The zero-order valence-electron chi connectivity index (χ0n) is 8.93. The van der Waals surface area contributed by atoms with Crippen molar-refractivity contribution in [2.75, 3.05) is 0 Å². The van der Waals surface area contributed by atoms with Gasteiger partial charge in [0.15, 0.2) is 11.6 Å². The highest BCUT2D eigenvalue weighted by molar-refractivity contribution is 9.11. The van der Waals surface area contributed by atoms with Gasteiger partial charge in [0.25, 0.3) is 0 Å². The van der Waals surface area contributed by atoms with Crippen molar-refractivity contribution in [1.82, 2.24) is 0 Å². The maximum absolute atomic E-state index is 13.7. The van der Waals surface area contributed by atoms with Gasteiger partial charge in [-0.3, -0.25) is 0 Å². The van der Waals surface area contributed by atoms with Crippen LogP contribution >= 0.6 is 31.9 Å². The Balaban J connectivity index is 2.48. The molecule has 2 rings (SSSR count). The Labute approximate surface area is 119 Å². The van der Waals surface area contributed by atoms with E-state index in [1.54, 1.807) is 12.1 Å². The molecule has 0 spiro atoms. The highest BCUT2D eigenvalue weighted by atomic mass is 79.9. The normalized spacial score (nSPS) is 12.5. The van der Waals surface area contributed by atoms with Gasteiger partial charge < -0.3 is 0 Å². The lowest BCUT2D eigenvalue weighted by atomic mass is 10.0. The second-order valence-corrected chi connectivity index (χ2v) is 5.44. The molecule has 18 heavy (non-hydrogen) atoms. The Morgan fingerprint density at radius 1 is 0.889 bits per heavy atom. The average Bonchev–Trinajstić information content (AvgIpc) is 2.32. The smallest absolute Gasteiger partial charge is 0.159 e. The fourth-order valence-corrected chi connectivity index (χ4v) is 3.22. The van der Waals surface area contributed by atoms with Gasteiger partial charge in [0.2, 0.25) is 0 Å². The zero-order chi connectivity index (χ0) is 13.3. The van der Waals surface area contributed by atoms with E-state index in [0.717, 1.165) is 12.1 Å². The van der Waals surface area contributed by atoms with E-state index in [1.807, 2.05) is 0 Å². The molecule has 1 atom stereocenters. The summed E-state index contributed by atoms with van der Waals surface area (Å²) in [6.45, 7) is 0. The topological polar surface area (TPSA) is 0 Å². The van der Waals surface area contributed by atoms with Crippen LogP contribution in [0.5, 0.6) is 0 Å². The number of rotatable bonds is 2. The first-order valence-corrected chi connectivity index (χ1v) is 6.74. The lowest BCUT2D eigenvalue weighted by Crippen LogP contribution is -1.99. The summed E-state index contributed by atoms with van der Waals surface area (Å²) in [7, 11) is 0. The number of benzene rings is 2. The van der Waals surface area contributed by atoms with E-state index in [1.165, 1.54) is 12.1 Å². The molecule has 0 heterocycles. The van der Waals surface area contributed by atoms with E-state index >= 15 is 0 Å². The first-order valence-electron chi connectivity index (χ1n) is 5.03. The third-order valence-corrected chi connectivity index (χ3v) is 4.17. The maximum Gasteiger partial charge on any atom is 0.159 e. The molecular formula is C13H7Br2F3. The van der Waals surface area contributed by atoms with Gasteiger partial charge in [-0.25, -0.2) is 13.2 Å². The fraction of sp³-hybridized carbons (Fsp3) is 0.0769. The van der Waals surface area contributed by atoms with Crippen molar-refractivity contribution in [3.8, 4) is 0 Å². The van der Waals surface area contributed by atoms with E-state index < -0.39 is 22.3 Å². The van der Waals surface area contributed by atoms with Gasteiger partial charge >= 0.3 is 0 Å². The summed E-state index contributed by atoms with van der Waals surface area (Å²) in [5.41, 5.74) is 0.795. The van der Waals surface area contributed by atoms with Crippen molar-refractivity contribution in [3.63, 3.8) is 0 Å². The van der Waals surface area contributed by atoms with Crippen molar-refractivity contribution >= 4 is 31.9 Å². The summed E-state index contributed by atoms with van der Waals surface area (Å²) in [6, 6.07) is 8.05. The largest absolute Gasteiger partial charge is 0.207 e. The Morgan fingerprint density at radius 3 is 2.22 bits per heavy atom. The third kappa shape index (κ3) is 2.62.